The van der Waals surface area contributed by atoms with Gasteiger partial charge in [0.25, 0.3) is 0 Å². The molecule has 0 saturated carbocycles. The second-order valence-electron chi connectivity index (χ2n) is 3.56. The standard InChI is InChI=1S/C11H11ClFN3O/c1-7-4-11(14)15-16(7)6-17-10-3-2-8(13)5-9(10)12/h2-5H,6H2,1H3,(H2,14,15). The highest BCUT2D eigenvalue weighted by atomic mass is 35.5. The third-order valence-corrected chi connectivity index (χ3v) is 2.53. The van der Waals surface area contributed by atoms with Crippen LogP contribution in [0.2, 0.25) is 5.02 Å². The summed E-state index contributed by atoms with van der Waals surface area (Å²) >= 11 is 5.82. The van der Waals surface area contributed by atoms with Crippen molar-refractivity contribution in [2.24, 2.45) is 0 Å². The van der Waals surface area contributed by atoms with Crippen molar-refractivity contribution >= 4 is 17.4 Å². The molecule has 0 aliphatic heterocycles. The van der Waals surface area contributed by atoms with Gasteiger partial charge in [0.05, 0.1) is 5.02 Å². The van der Waals surface area contributed by atoms with Crippen molar-refractivity contribution in [2.45, 2.75) is 13.7 Å². The van der Waals surface area contributed by atoms with Crippen LogP contribution in [0.4, 0.5) is 10.2 Å². The van der Waals surface area contributed by atoms with Crippen LogP contribution < -0.4 is 10.5 Å². The minimum Gasteiger partial charge on any atom is -0.470 e. The Kier molecular flexibility index (Phi) is 3.19. The number of ether oxygens (including phenoxy) is 1. The molecule has 0 saturated heterocycles. The van der Waals surface area contributed by atoms with Crippen LogP contribution in [0, 0.1) is 12.7 Å². The molecule has 2 aromatic rings. The number of hydrogen-bond acceptors (Lipinski definition) is 3. The van der Waals surface area contributed by atoms with Gasteiger partial charge in [-0.2, -0.15) is 5.10 Å². The van der Waals surface area contributed by atoms with E-state index in [4.69, 9.17) is 22.1 Å². The highest BCUT2D eigenvalue weighted by Crippen LogP contribution is 2.25. The van der Waals surface area contributed by atoms with Crippen molar-refractivity contribution in [3.05, 3.63) is 40.8 Å². The van der Waals surface area contributed by atoms with E-state index < -0.39 is 5.82 Å². The minimum absolute atomic E-state index is 0.175. The molecule has 0 aliphatic carbocycles. The van der Waals surface area contributed by atoms with Gasteiger partial charge in [0.1, 0.15) is 17.4 Å². The van der Waals surface area contributed by atoms with Gasteiger partial charge in [-0.05, 0) is 25.1 Å². The summed E-state index contributed by atoms with van der Waals surface area (Å²) in [5.74, 6) is 0.430. The lowest BCUT2D eigenvalue weighted by atomic mass is 10.3. The molecule has 1 aromatic carbocycles. The van der Waals surface area contributed by atoms with Gasteiger partial charge in [-0.1, -0.05) is 11.6 Å². The number of halogens is 2. The topological polar surface area (TPSA) is 53.1 Å². The summed E-state index contributed by atoms with van der Waals surface area (Å²) in [5, 5.41) is 4.25. The monoisotopic (exact) mass is 255 g/mol. The Morgan fingerprint density at radius 2 is 2.24 bits per heavy atom. The number of rotatable bonds is 3. The van der Waals surface area contributed by atoms with E-state index in [0.717, 1.165) is 5.69 Å². The van der Waals surface area contributed by atoms with Gasteiger partial charge in [-0.25, -0.2) is 9.07 Å². The average molecular weight is 256 g/mol. The van der Waals surface area contributed by atoms with Gasteiger partial charge in [-0.3, -0.25) is 0 Å². The van der Waals surface area contributed by atoms with Crippen molar-refractivity contribution in [3.8, 4) is 5.75 Å². The largest absolute Gasteiger partial charge is 0.470 e. The van der Waals surface area contributed by atoms with Gasteiger partial charge in [0.2, 0.25) is 0 Å². The third-order valence-electron chi connectivity index (χ3n) is 2.24. The summed E-state index contributed by atoms with van der Waals surface area (Å²) < 4.78 is 19.8. The first-order valence-electron chi connectivity index (χ1n) is 4.94. The summed E-state index contributed by atoms with van der Waals surface area (Å²) in [5.41, 5.74) is 6.41. The average Bonchev–Trinajstić information content (AvgIpc) is 2.56. The first kappa shape index (κ1) is 11.7. The van der Waals surface area contributed by atoms with Gasteiger partial charge in [0.15, 0.2) is 6.73 Å². The maximum atomic E-state index is 12.8. The molecule has 1 aromatic heterocycles. The summed E-state index contributed by atoms with van der Waals surface area (Å²) in [7, 11) is 0. The van der Waals surface area contributed by atoms with Crippen LogP contribution in [0.1, 0.15) is 5.69 Å². The minimum atomic E-state index is -0.401. The fourth-order valence-corrected chi connectivity index (χ4v) is 1.61. The number of nitrogen functional groups attached to an aromatic ring is 1. The Morgan fingerprint density at radius 1 is 1.47 bits per heavy atom. The molecule has 0 radical (unpaired) electrons. The maximum absolute atomic E-state index is 12.8. The first-order valence-corrected chi connectivity index (χ1v) is 5.32. The van der Waals surface area contributed by atoms with E-state index >= 15 is 0 Å². The predicted molar refractivity (Wildman–Crippen MR) is 63.4 cm³/mol. The second kappa shape index (κ2) is 4.63. The molecule has 2 rings (SSSR count). The van der Waals surface area contributed by atoms with Gasteiger partial charge in [0, 0.05) is 11.8 Å². The molecular weight excluding hydrogens is 245 g/mol. The van der Waals surface area contributed by atoms with Crippen LogP contribution in [0.5, 0.6) is 5.75 Å². The van der Waals surface area contributed by atoms with Crippen molar-refractivity contribution in [1.82, 2.24) is 9.78 Å². The SMILES string of the molecule is Cc1cc(N)nn1COc1ccc(F)cc1Cl. The lowest BCUT2D eigenvalue weighted by molar-refractivity contribution is 0.218. The van der Waals surface area contributed by atoms with E-state index in [1.165, 1.54) is 18.2 Å². The molecule has 1 heterocycles. The quantitative estimate of drug-likeness (QED) is 0.917. The zero-order valence-corrected chi connectivity index (χ0v) is 9.91. The fraction of sp³-hybridized carbons (Fsp3) is 0.182. The highest BCUT2D eigenvalue weighted by Gasteiger charge is 2.05. The summed E-state index contributed by atoms with van der Waals surface area (Å²) in [4.78, 5) is 0. The Bertz CT molecular complexity index is 542. The molecular formula is C11H11ClFN3O. The predicted octanol–water partition coefficient (Wildman–Crippen LogP) is 2.60. The Labute approximate surface area is 103 Å². The summed E-state index contributed by atoms with van der Waals surface area (Å²) in [6.45, 7) is 2.04. The number of benzene rings is 1. The normalized spacial score (nSPS) is 10.5. The molecule has 0 bridgehead atoms. The van der Waals surface area contributed by atoms with Crippen LogP contribution >= 0.6 is 11.6 Å². The van der Waals surface area contributed by atoms with Gasteiger partial charge < -0.3 is 10.5 Å². The van der Waals surface area contributed by atoms with Crippen LogP contribution in [0.15, 0.2) is 24.3 Å². The van der Waals surface area contributed by atoms with E-state index in [1.54, 1.807) is 10.7 Å². The molecule has 90 valence electrons. The van der Waals surface area contributed by atoms with Crippen molar-refractivity contribution < 1.29 is 9.13 Å². The van der Waals surface area contributed by atoms with Gasteiger partial charge in [-0.15, -0.1) is 0 Å². The summed E-state index contributed by atoms with van der Waals surface area (Å²) in [6, 6.07) is 5.68. The molecule has 0 fully saturated rings. The van der Waals surface area contributed by atoms with Crippen molar-refractivity contribution in [2.75, 3.05) is 5.73 Å². The zero-order valence-electron chi connectivity index (χ0n) is 9.15. The van der Waals surface area contributed by atoms with Crippen LogP contribution in [0.3, 0.4) is 0 Å². The van der Waals surface area contributed by atoms with Gasteiger partial charge >= 0.3 is 0 Å². The molecule has 2 N–H and O–H groups in total. The first-order chi connectivity index (χ1) is 8.06. The number of nitrogens with zero attached hydrogens (tertiary/aromatic N) is 2. The Balaban J connectivity index is 2.10. The number of anilines is 1. The van der Waals surface area contributed by atoms with E-state index in [2.05, 4.69) is 5.10 Å². The van der Waals surface area contributed by atoms with E-state index in [-0.39, 0.29) is 11.8 Å². The number of aromatic nitrogens is 2. The molecule has 0 unspecified atom stereocenters. The van der Waals surface area contributed by atoms with E-state index in [9.17, 15) is 4.39 Å². The van der Waals surface area contributed by atoms with Crippen LogP contribution in [-0.4, -0.2) is 9.78 Å². The number of aryl methyl sites for hydroxylation is 1. The molecule has 0 atom stereocenters. The van der Waals surface area contributed by atoms with Crippen molar-refractivity contribution in [1.29, 1.82) is 0 Å². The smallest absolute Gasteiger partial charge is 0.181 e. The fourth-order valence-electron chi connectivity index (χ4n) is 1.39. The molecule has 0 amide bonds. The number of hydrogen-bond donors (Lipinski definition) is 1. The highest BCUT2D eigenvalue weighted by molar-refractivity contribution is 6.32. The van der Waals surface area contributed by atoms with E-state index in [0.29, 0.717) is 11.6 Å². The van der Waals surface area contributed by atoms with Crippen LogP contribution in [0.25, 0.3) is 0 Å². The van der Waals surface area contributed by atoms with Crippen molar-refractivity contribution in [3.63, 3.8) is 0 Å². The second-order valence-corrected chi connectivity index (χ2v) is 3.97. The lowest BCUT2D eigenvalue weighted by Crippen LogP contribution is -2.09. The lowest BCUT2D eigenvalue weighted by Gasteiger charge is -2.09. The van der Waals surface area contributed by atoms with Crippen LogP contribution in [-0.2, 0) is 6.73 Å². The molecule has 4 nitrogen and oxygen atoms in total. The summed E-state index contributed by atoms with van der Waals surface area (Å²) in [6.07, 6.45) is 0. The van der Waals surface area contributed by atoms with E-state index in [1.807, 2.05) is 6.92 Å². The third kappa shape index (κ3) is 2.68. The molecule has 17 heavy (non-hydrogen) atoms. The Morgan fingerprint density at radius 3 is 2.82 bits per heavy atom. The maximum Gasteiger partial charge on any atom is 0.181 e. The molecule has 0 aliphatic rings. The Hall–Kier alpha value is -1.75. The molecule has 0 spiro atoms. The number of nitrogens with two attached hydrogens (primary N) is 1. The molecule has 6 heteroatoms. The zero-order chi connectivity index (χ0) is 12.4.